The molecule has 0 atom stereocenters. The number of amides is 1. The summed E-state index contributed by atoms with van der Waals surface area (Å²) in [6.45, 7) is 8.42. The summed E-state index contributed by atoms with van der Waals surface area (Å²) in [6.07, 6.45) is 2.30. The van der Waals surface area contributed by atoms with Crippen LogP contribution in [-0.4, -0.2) is 58.9 Å². The number of nitrogens with zero attached hydrogens (tertiary/aromatic N) is 4. The lowest BCUT2D eigenvalue weighted by Gasteiger charge is -2.33. The lowest BCUT2D eigenvalue weighted by atomic mass is 10.2. The van der Waals surface area contributed by atoms with Gasteiger partial charge in [-0.15, -0.1) is 0 Å². The fourth-order valence-corrected chi connectivity index (χ4v) is 3.25. The van der Waals surface area contributed by atoms with Gasteiger partial charge in [-0.1, -0.05) is 13.8 Å². The summed E-state index contributed by atoms with van der Waals surface area (Å²) in [5, 5.41) is 4.06. The van der Waals surface area contributed by atoms with Crippen LogP contribution in [0.5, 0.6) is 0 Å². The van der Waals surface area contributed by atoms with Gasteiger partial charge in [-0.25, -0.2) is 4.98 Å². The highest BCUT2D eigenvalue weighted by molar-refractivity contribution is 7.09. The molecule has 1 aromatic rings. The molecule has 0 radical (unpaired) electrons. The molecule has 0 aromatic carbocycles. The Labute approximate surface area is 129 Å². The molecule has 1 amide bonds. The van der Waals surface area contributed by atoms with E-state index in [9.17, 15) is 4.79 Å². The van der Waals surface area contributed by atoms with Crippen LogP contribution in [0.2, 0.25) is 0 Å². The van der Waals surface area contributed by atoms with Gasteiger partial charge in [0.1, 0.15) is 5.82 Å². The number of aromatic nitrogens is 2. The van der Waals surface area contributed by atoms with Gasteiger partial charge in [0.25, 0.3) is 0 Å². The first-order valence-corrected chi connectivity index (χ1v) is 8.49. The molecule has 1 N–H and O–H groups in total. The minimum Gasteiger partial charge on any atom is -0.352 e. The number of rotatable bonds is 5. The summed E-state index contributed by atoms with van der Waals surface area (Å²) >= 11 is 1.48. The van der Waals surface area contributed by atoms with Crippen molar-refractivity contribution in [2.45, 2.75) is 38.6 Å². The summed E-state index contributed by atoms with van der Waals surface area (Å²) < 4.78 is 4.41. The molecule has 116 valence electrons. The quantitative estimate of drug-likeness (QED) is 0.881. The summed E-state index contributed by atoms with van der Waals surface area (Å²) in [5.41, 5.74) is 0. The third-order valence-electron chi connectivity index (χ3n) is 3.90. The predicted octanol–water partition coefficient (Wildman–Crippen LogP) is 1.06. The lowest BCUT2D eigenvalue weighted by Crippen LogP contribution is -2.49. The summed E-state index contributed by atoms with van der Waals surface area (Å²) in [6, 6.07) is 0.453. The topological polar surface area (TPSA) is 61.4 Å². The van der Waals surface area contributed by atoms with E-state index in [4.69, 9.17) is 0 Å². The zero-order valence-corrected chi connectivity index (χ0v) is 13.5. The first-order chi connectivity index (χ1) is 10.1. The van der Waals surface area contributed by atoms with E-state index in [2.05, 4.69) is 38.3 Å². The summed E-state index contributed by atoms with van der Waals surface area (Å²) in [7, 11) is 0. The van der Waals surface area contributed by atoms with Gasteiger partial charge in [0.15, 0.2) is 0 Å². The maximum Gasteiger partial charge on any atom is 0.234 e. The molecule has 1 aliphatic heterocycles. The number of nitrogens with one attached hydrogen (secondary N) is 1. The average Bonchev–Trinajstić information content (AvgIpc) is 3.12. The Morgan fingerprint density at radius 1 is 1.33 bits per heavy atom. The number of hydrogen-bond acceptors (Lipinski definition) is 6. The molecule has 0 bridgehead atoms. The molecular weight excluding hydrogens is 286 g/mol. The first-order valence-electron chi connectivity index (χ1n) is 7.72. The van der Waals surface area contributed by atoms with Gasteiger partial charge in [0, 0.05) is 49.7 Å². The maximum atomic E-state index is 11.8. The molecule has 2 aliphatic rings. The van der Waals surface area contributed by atoms with Crippen molar-refractivity contribution in [2.24, 2.45) is 0 Å². The van der Waals surface area contributed by atoms with Crippen LogP contribution in [0.3, 0.4) is 0 Å². The molecule has 0 spiro atoms. The van der Waals surface area contributed by atoms with E-state index >= 15 is 0 Å². The predicted molar refractivity (Wildman–Crippen MR) is 83.8 cm³/mol. The zero-order chi connectivity index (χ0) is 14.8. The molecule has 2 heterocycles. The molecule has 1 saturated heterocycles. The largest absolute Gasteiger partial charge is 0.352 e. The Hall–Kier alpha value is -1.21. The van der Waals surface area contributed by atoms with Crippen LogP contribution in [0.1, 0.15) is 38.4 Å². The Morgan fingerprint density at radius 2 is 2.05 bits per heavy atom. The maximum absolute atomic E-state index is 11.8. The van der Waals surface area contributed by atoms with E-state index < -0.39 is 0 Å². The molecule has 1 saturated carbocycles. The molecule has 3 rings (SSSR count). The standard InChI is InChI=1S/C14H23N5OS/c1-10(2)13-16-14(21-17-13)19-7-5-18(6-8-19)9-12(20)15-11-3-4-11/h10-11H,3-9H2,1-2H3,(H,15,20). The van der Waals surface area contributed by atoms with Crippen LogP contribution in [0.15, 0.2) is 0 Å². The summed E-state index contributed by atoms with van der Waals surface area (Å²) in [4.78, 5) is 20.9. The molecule has 21 heavy (non-hydrogen) atoms. The van der Waals surface area contributed by atoms with Crippen LogP contribution >= 0.6 is 11.5 Å². The van der Waals surface area contributed by atoms with E-state index in [1.165, 1.54) is 11.5 Å². The molecule has 2 fully saturated rings. The van der Waals surface area contributed by atoms with Crippen molar-refractivity contribution in [1.82, 2.24) is 19.6 Å². The van der Waals surface area contributed by atoms with Crippen molar-refractivity contribution < 1.29 is 4.79 Å². The van der Waals surface area contributed by atoms with Gasteiger partial charge < -0.3 is 10.2 Å². The van der Waals surface area contributed by atoms with Crippen molar-refractivity contribution in [3.05, 3.63) is 5.82 Å². The second-order valence-corrected chi connectivity index (χ2v) is 6.93. The lowest BCUT2D eigenvalue weighted by molar-refractivity contribution is -0.122. The summed E-state index contributed by atoms with van der Waals surface area (Å²) in [5.74, 6) is 1.48. The Kier molecular flexibility index (Phi) is 4.40. The highest BCUT2D eigenvalue weighted by Gasteiger charge is 2.26. The van der Waals surface area contributed by atoms with Gasteiger partial charge in [-0.3, -0.25) is 9.69 Å². The van der Waals surface area contributed by atoms with Crippen molar-refractivity contribution in [2.75, 3.05) is 37.6 Å². The highest BCUT2D eigenvalue weighted by Crippen LogP contribution is 2.22. The number of piperazine rings is 1. The smallest absolute Gasteiger partial charge is 0.234 e. The first kappa shape index (κ1) is 14.7. The molecule has 0 unspecified atom stereocenters. The van der Waals surface area contributed by atoms with E-state index in [1.807, 2.05) is 0 Å². The van der Waals surface area contributed by atoms with Crippen LogP contribution in [0, 0.1) is 0 Å². The SMILES string of the molecule is CC(C)c1nsc(N2CCN(CC(=O)NC3CC3)CC2)n1. The number of anilines is 1. The number of carbonyl (C=O) groups is 1. The van der Waals surface area contributed by atoms with E-state index in [-0.39, 0.29) is 5.91 Å². The Bertz CT molecular complexity index is 491. The van der Waals surface area contributed by atoms with Gasteiger partial charge in [-0.05, 0) is 12.8 Å². The highest BCUT2D eigenvalue weighted by atomic mass is 32.1. The fraction of sp³-hybridized carbons (Fsp3) is 0.786. The van der Waals surface area contributed by atoms with Crippen LogP contribution < -0.4 is 10.2 Å². The van der Waals surface area contributed by atoms with Gasteiger partial charge in [0.2, 0.25) is 11.0 Å². The third kappa shape index (κ3) is 3.91. The van der Waals surface area contributed by atoms with Crippen molar-refractivity contribution >= 4 is 22.6 Å². The molecule has 7 heteroatoms. The zero-order valence-electron chi connectivity index (χ0n) is 12.7. The van der Waals surface area contributed by atoms with Gasteiger partial charge in [0.05, 0.1) is 6.54 Å². The monoisotopic (exact) mass is 309 g/mol. The van der Waals surface area contributed by atoms with Crippen molar-refractivity contribution in [3.8, 4) is 0 Å². The van der Waals surface area contributed by atoms with Gasteiger partial charge >= 0.3 is 0 Å². The average molecular weight is 309 g/mol. The molecule has 1 aliphatic carbocycles. The Balaban J connectivity index is 1.46. The minimum absolute atomic E-state index is 0.170. The van der Waals surface area contributed by atoms with E-state index in [0.29, 0.717) is 18.5 Å². The molecular formula is C14H23N5OS. The van der Waals surface area contributed by atoms with Gasteiger partial charge in [-0.2, -0.15) is 4.37 Å². The van der Waals surface area contributed by atoms with Crippen LogP contribution in [-0.2, 0) is 4.79 Å². The second-order valence-electron chi connectivity index (χ2n) is 6.19. The molecule has 6 nitrogen and oxygen atoms in total. The van der Waals surface area contributed by atoms with E-state index in [0.717, 1.165) is 50.0 Å². The normalized spacial score (nSPS) is 20.0. The third-order valence-corrected chi connectivity index (χ3v) is 4.69. The fourth-order valence-electron chi connectivity index (χ4n) is 2.39. The molecule has 1 aromatic heterocycles. The Morgan fingerprint density at radius 3 is 2.62 bits per heavy atom. The number of hydrogen-bond donors (Lipinski definition) is 1. The van der Waals surface area contributed by atoms with Crippen LogP contribution in [0.4, 0.5) is 5.13 Å². The van der Waals surface area contributed by atoms with Crippen molar-refractivity contribution in [3.63, 3.8) is 0 Å². The number of carbonyl (C=O) groups excluding carboxylic acids is 1. The van der Waals surface area contributed by atoms with Crippen molar-refractivity contribution in [1.29, 1.82) is 0 Å². The second kappa shape index (κ2) is 6.27. The van der Waals surface area contributed by atoms with Crippen LogP contribution in [0.25, 0.3) is 0 Å². The van der Waals surface area contributed by atoms with E-state index in [1.54, 1.807) is 0 Å². The minimum atomic E-state index is 0.170.